The molecule has 1 unspecified atom stereocenters. The number of nitrogens with one attached hydrogen (secondary N) is 2. The second kappa shape index (κ2) is 6.51. The van der Waals surface area contributed by atoms with Crippen molar-refractivity contribution in [1.29, 1.82) is 0 Å². The summed E-state index contributed by atoms with van der Waals surface area (Å²) in [5.74, 6) is 1.33. The molecule has 0 amide bonds. The van der Waals surface area contributed by atoms with Crippen LogP contribution in [-0.2, 0) is 0 Å². The average molecular weight is 267 g/mol. The van der Waals surface area contributed by atoms with E-state index >= 15 is 0 Å². The summed E-state index contributed by atoms with van der Waals surface area (Å²) < 4.78 is 5.30. The van der Waals surface area contributed by atoms with Gasteiger partial charge in [0.2, 0.25) is 11.9 Å². The third-order valence-electron chi connectivity index (χ3n) is 2.86. The molecule has 1 atom stereocenters. The van der Waals surface area contributed by atoms with Gasteiger partial charge in [-0.3, -0.25) is 0 Å². The Morgan fingerprint density at radius 2 is 1.89 bits per heavy atom. The first-order chi connectivity index (χ1) is 9.22. The van der Waals surface area contributed by atoms with Gasteiger partial charge in [0.05, 0.1) is 12.7 Å². The van der Waals surface area contributed by atoms with Crippen LogP contribution in [0.4, 0.5) is 11.9 Å². The SMILES string of the molecule is CCNc1nc(NCC(O)C2CC2)nc(OCC)n1. The van der Waals surface area contributed by atoms with Crippen molar-refractivity contribution in [2.75, 3.05) is 30.3 Å². The summed E-state index contributed by atoms with van der Waals surface area (Å²) >= 11 is 0. The second-order valence-corrected chi connectivity index (χ2v) is 4.51. The number of anilines is 2. The zero-order valence-corrected chi connectivity index (χ0v) is 11.4. The van der Waals surface area contributed by atoms with Gasteiger partial charge >= 0.3 is 6.01 Å². The highest BCUT2D eigenvalue weighted by Crippen LogP contribution is 2.32. The van der Waals surface area contributed by atoms with Crippen LogP contribution in [0.3, 0.4) is 0 Å². The molecule has 1 aromatic heterocycles. The fourth-order valence-electron chi connectivity index (χ4n) is 1.71. The van der Waals surface area contributed by atoms with Crippen molar-refractivity contribution < 1.29 is 9.84 Å². The van der Waals surface area contributed by atoms with E-state index in [-0.39, 0.29) is 12.1 Å². The Hall–Kier alpha value is -1.63. The molecule has 3 N–H and O–H groups in total. The highest BCUT2D eigenvalue weighted by Gasteiger charge is 2.29. The molecule has 1 aliphatic rings. The van der Waals surface area contributed by atoms with Crippen LogP contribution in [0, 0.1) is 5.92 Å². The van der Waals surface area contributed by atoms with Gasteiger partial charge in [0.1, 0.15) is 0 Å². The van der Waals surface area contributed by atoms with E-state index in [1.807, 2.05) is 13.8 Å². The summed E-state index contributed by atoms with van der Waals surface area (Å²) in [6.07, 6.45) is 1.87. The Bertz CT molecular complexity index is 387. The zero-order valence-electron chi connectivity index (χ0n) is 11.4. The van der Waals surface area contributed by atoms with Gasteiger partial charge in [0, 0.05) is 13.1 Å². The van der Waals surface area contributed by atoms with Crippen molar-refractivity contribution in [3.05, 3.63) is 0 Å². The summed E-state index contributed by atoms with van der Waals surface area (Å²) in [5, 5.41) is 15.9. The molecular formula is C12H21N5O2. The first-order valence-electron chi connectivity index (χ1n) is 6.77. The normalized spacial score (nSPS) is 15.9. The standard InChI is InChI=1S/C12H21N5O2/c1-3-13-10-15-11(17-12(16-10)19-4-2)14-7-9(18)8-5-6-8/h8-9,18H,3-7H2,1-2H3,(H2,13,14,15,16,17). The smallest absolute Gasteiger partial charge is 0.323 e. The van der Waals surface area contributed by atoms with Crippen molar-refractivity contribution >= 4 is 11.9 Å². The third-order valence-corrected chi connectivity index (χ3v) is 2.86. The largest absolute Gasteiger partial charge is 0.464 e. The van der Waals surface area contributed by atoms with E-state index in [1.165, 1.54) is 0 Å². The molecule has 1 aliphatic carbocycles. The minimum Gasteiger partial charge on any atom is -0.464 e. The van der Waals surface area contributed by atoms with Gasteiger partial charge in [-0.05, 0) is 32.6 Å². The van der Waals surface area contributed by atoms with Crippen LogP contribution in [0.25, 0.3) is 0 Å². The molecule has 0 aliphatic heterocycles. The third kappa shape index (κ3) is 4.20. The fourth-order valence-corrected chi connectivity index (χ4v) is 1.71. The lowest BCUT2D eigenvalue weighted by atomic mass is 10.2. The van der Waals surface area contributed by atoms with E-state index < -0.39 is 0 Å². The monoisotopic (exact) mass is 267 g/mol. The van der Waals surface area contributed by atoms with Crippen LogP contribution >= 0.6 is 0 Å². The molecule has 1 heterocycles. The maximum Gasteiger partial charge on any atom is 0.323 e. The Labute approximate surface area is 112 Å². The number of nitrogens with zero attached hydrogens (tertiary/aromatic N) is 3. The molecule has 1 aromatic rings. The highest BCUT2D eigenvalue weighted by molar-refractivity contribution is 5.35. The number of aliphatic hydroxyl groups excluding tert-OH is 1. The maximum atomic E-state index is 9.82. The molecule has 7 heteroatoms. The van der Waals surface area contributed by atoms with Gasteiger partial charge in [0.15, 0.2) is 0 Å². The number of ether oxygens (including phenoxy) is 1. The quantitative estimate of drug-likeness (QED) is 0.644. The van der Waals surface area contributed by atoms with Crippen LogP contribution in [-0.4, -0.2) is 45.9 Å². The highest BCUT2D eigenvalue weighted by atomic mass is 16.5. The minimum atomic E-state index is -0.338. The van der Waals surface area contributed by atoms with Crippen molar-refractivity contribution in [1.82, 2.24) is 15.0 Å². The molecule has 0 bridgehead atoms. The Balaban J connectivity index is 1.99. The molecular weight excluding hydrogens is 246 g/mol. The van der Waals surface area contributed by atoms with E-state index in [2.05, 4.69) is 25.6 Å². The topological polar surface area (TPSA) is 92.2 Å². The lowest BCUT2D eigenvalue weighted by molar-refractivity contribution is 0.164. The average Bonchev–Trinajstić information content (AvgIpc) is 3.21. The van der Waals surface area contributed by atoms with E-state index in [1.54, 1.807) is 0 Å². The summed E-state index contributed by atoms with van der Waals surface area (Å²) in [7, 11) is 0. The predicted molar refractivity (Wildman–Crippen MR) is 72.4 cm³/mol. The zero-order chi connectivity index (χ0) is 13.7. The number of hydrogen-bond acceptors (Lipinski definition) is 7. The second-order valence-electron chi connectivity index (χ2n) is 4.51. The Kier molecular flexibility index (Phi) is 4.73. The molecule has 19 heavy (non-hydrogen) atoms. The number of aliphatic hydroxyl groups is 1. The summed E-state index contributed by atoms with van der Waals surface area (Å²) in [6, 6.07) is 0.289. The van der Waals surface area contributed by atoms with Gasteiger partial charge < -0.3 is 20.5 Å². The van der Waals surface area contributed by atoms with Crippen molar-refractivity contribution in [2.24, 2.45) is 5.92 Å². The van der Waals surface area contributed by atoms with E-state index in [0.29, 0.717) is 31.0 Å². The molecule has 0 aromatic carbocycles. The molecule has 1 saturated carbocycles. The summed E-state index contributed by atoms with van der Waals surface area (Å²) in [6.45, 7) is 5.51. The first-order valence-corrected chi connectivity index (χ1v) is 6.77. The van der Waals surface area contributed by atoms with Crippen LogP contribution < -0.4 is 15.4 Å². The number of aromatic nitrogens is 3. The van der Waals surface area contributed by atoms with Crippen molar-refractivity contribution in [3.8, 4) is 6.01 Å². The lowest BCUT2D eigenvalue weighted by Crippen LogP contribution is -2.22. The predicted octanol–water partition coefficient (Wildman–Crippen LogP) is 0.885. The van der Waals surface area contributed by atoms with Crippen LogP contribution in [0.5, 0.6) is 6.01 Å². The van der Waals surface area contributed by atoms with Gasteiger partial charge in [-0.1, -0.05) is 0 Å². The van der Waals surface area contributed by atoms with Crippen LogP contribution in [0.2, 0.25) is 0 Å². The van der Waals surface area contributed by atoms with Gasteiger partial charge in [-0.15, -0.1) is 0 Å². The van der Waals surface area contributed by atoms with Crippen molar-refractivity contribution in [2.45, 2.75) is 32.8 Å². The van der Waals surface area contributed by atoms with E-state index in [4.69, 9.17) is 4.74 Å². The van der Waals surface area contributed by atoms with Crippen LogP contribution in [0.1, 0.15) is 26.7 Å². The van der Waals surface area contributed by atoms with Gasteiger partial charge in [0.25, 0.3) is 0 Å². The molecule has 0 saturated heterocycles. The number of rotatable bonds is 8. The minimum absolute atomic E-state index is 0.289. The Morgan fingerprint density at radius 3 is 2.47 bits per heavy atom. The fraction of sp³-hybridized carbons (Fsp3) is 0.750. The molecule has 2 rings (SSSR count). The van der Waals surface area contributed by atoms with E-state index in [0.717, 1.165) is 19.4 Å². The molecule has 0 radical (unpaired) electrons. The van der Waals surface area contributed by atoms with Crippen LogP contribution in [0.15, 0.2) is 0 Å². The molecule has 106 valence electrons. The van der Waals surface area contributed by atoms with Gasteiger partial charge in [-0.25, -0.2) is 0 Å². The lowest BCUT2D eigenvalue weighted by Gasteiger charge is -2.12. The molecule has 1 fully saturated rings. The summed E-state index contributed by atoms with van der Waals surface area (Å²) in [5.41, 5.74) is 0. The Morgan fingerprint density at radius 1 is 1.21 bits per heavy atom. The van der Waals surface area contributed by atoms with Gasteiger partial charge in [-0.2, -0.15) is 15.0 Å². The number of hydrogen-bond donors (Lipinski definition) is 3. The van der Waals surface area contributed by atoms with E-state index in [9.17, 15) is 5.11 Å². The molecule has 0 spiro atoms. The molecule has 7 nitrogen and oxygen atoms in total. The van der Waals surface area contributed by atoms with Crippen molar-refractivity contribution in [3.63, 3.8) is 0 Å². The maximum absolute atomic E-state index is 9.82. The first kappa shape index (κ1) is 13.8. The summed E-state index contributed by atoms with van der Waals surface area (Å²) in [4.78, 5) is 12.5.